The summed E-state index contributed by atoms with van der Waals surface area (Å²) in [6.45, 7) is 3.91. The van der Waals surface area contributed by atoms with Crippen molar-refractivity contribution < 1.29 is 4.79 Å². The van der Waals surface area contributed by atoms with E-state index >= 15 is 0 Å². The fraction of sp³-hybridized carbons (Fsp3) is 0.167. The Kier molecular flexibility index (Phi) is 4.72. The maximum atomic E-state index is 11.7. The third kappa shape index (κ3) is 3.58. The van der Waals surface area contributed by atoms with Crippen LogP contribution in [0.5, 0.6) is 0 Å². The van der Waals surface area contributed by atoms with Gasteiger partial charge in [0.05, 0.1) is 6.04 Å². The summed E-state index contributed by atoms with van der Waals surface area (Å²) in [5, 5.41) is 5.36. The first-order chi connectivity index (χ1) is 9.70. The van der Waals surface area contributed by atoms with Crippen LogP contribution < -0.4 is 5.32 Å². The molecule has 0 heterocycles. The minimum atomic E-state index is -0.0799. The monoisotopic (exact) mass is 265 g/mol. The zero-order valence-electron chi connectivity index (χ0n) is 11.8. The number of carbonyl (C=O) groups is 1. The van der Waals surface area contributed by atoms with Crippen LogP contribution in [0.15, 0.2) is 66.8 Å². The second-order valence-corrected chi connectivity index (χ2v) is 4.72. The highest BCUT2D eigenvalue weighted by atomic mass is 16.1. The summed E-state index contributed by atoms with van der Waals surface area (Å²) in [6.07, 6.45) is 7.00. The van der Waals surface area contributed by atoms with E-state index in [-0.39, 0.29) is 11.9 Å². The Balaban J connectivity index is 2.11. The Morgan fingerprint density at radius 3 is 2.60 bits per heavy atom. The smallest absolute Gasteiger partial charge is 0.244 e. The van der Waals surface area contributed by atoms with Gasteiger partial charge in [0, 0.05) is 6.08 Å². The number of benzene rings is 2. The van der Waals surface area contributed by atoms with Crippen molar-refractivity contribution in [2.75, 3.05) is 0 Å². The van der Waals surface area contributed by atoms with Crippen molar-refractivity contribution in [2.24, 2.45) is 0 Å². The number of fused-ring (bicyclic) bond motifs is 1. The predicted octanol–water partition coefficient (Wildman–Crippen LogP) is 4.15. The van der Waals surface area contributed by atoms with Crippen LogP contribution in [-0.2, 0) is 4.79 Å². The van der Waals surface area contributed by atoms with E-state index in [0.29, 0.717) is 0 Å². The van der Waals surface area contributed by atoms with Gasteiger partial charge in [-0.25, -0.2) is 0 Å². The summed E-state index contributed by atoms with van der Waals surface area (Å²) in [5.41, 5.74) is 1.11. The largest absolute Gasteiger partial charge is 0.346 e. The topological polar surface area (TPSA) is 29.1 Å². The molecule has 0 aliphatic carbocycles. The number of nitrogens with one attached hydrogen (secondary N) is 1. The van der Waals surface area contributed by atoms with Crippen molar-refractivity contribution in [1.82, 2.24) is 5.32 Å². The Labute approximate surface area is 119 Å². The summed E-state index contributed by atoms with van der Waals surface area (Å²) in [5.74, 6) is -0.0799. The number of hydrogen-bond acceptors (Lipinski definition) is 1. The number of rotatable bonds is 4. The van der Waals surface area contributed by atoms with Gasteiger partial charge in [-0.2, -0.15) is 0 Å². The molecule has 1 amide bonds. The first-order valence-electron chi connectivity index (χ1n) is 6.79. The third-order valence-corrected chi connectivity index (χ3v) is 3.18. The quantitative estimate of drug-likeness (QED) is 0.653. The van der Waals surface area contributed by atoms with Gasteiger partial charge in [0.25, 0.3) is 0 Å². The summed E-state index contributed by atoms with van der Waals surface area (Å²) in [6, 6.07) is 14.5. The molecule has 1 atom stereocenters. The molecule has 0 aromatic heterocycles. The molecule has 0 aliphatic rings. The van der Waals surface area contributed by atoms with E-state index in [0.717, 1.165) is 5.56 Å². The number of allylic oxidation sites excluding steroid dienone is 3. The van der Waals surface area contributed by atoms with Gasteiger partial charge in [-0.05, 0) is 36.2 Å². The molecule has 2 aromatic rings. The molecule has 0 saturated carbocycles. The van der Waals surface area contributed by atoms with Crippen LogP contribution in [-0.4, -0.2) is 5.91 Å². The molecule has 1 N–H and O–H groups in total. The van der Waals surface area contributed by atoms with Gasteiger partial charge in [-0.3, -0.25) is 4.79 Å². The van der Waals surface area contributed by atoms with Gasteiger partial charge < -0.3 is 5.32 Å². The highest BCUT2D eigenvalue weighted by molar-refractivity contribution is 5.88. The molecule has 2 aromatic carbocycles. The predicted molar refractivity (Wildman–Crippen MR) is 84.5 cm³/mol. The van der Waals surface area contributed by atoms with Crippen LogP contribution in [0.3, 0.4) is 0 Å². The zero-order chi connectivity index (χ0) is 14.4. The van der Waals surface area contributed by atoms with Gasteiger partial charge in [0.1, 0.15) is 0 Å². The SMILES string of the molecule is CC=CC=CC(=O)NC(C)c1ccc2ccccc2c1. The average Bonchev–Trinajstić information content (AvgIpc) is 2.47. The van der Waals surface area contributed by atoms with Crippen molar-refractivity contribution in [3.63, 3.8) is 0 Å². The summed E-state index contributed by atoms with van der Waals surface area (Å²) in [4.78, 5) is 11.7. The van der Waals surface area contributed by atoms with Gasteiger partial charge in [-0.15, -0.1) is 0 Å². The number of carbonyl (C=O) groups excluding carboxylic acids is 1. The normalized spacial score (nSPS) is 13.1. The van der Waals surface area contributed by atoms with Crippen LogP contribution in [0.2, 0.25) is 0 Å². The lowest BCUT2D eigenvalue weighted by Crippen LogP contribution is -2.24. The van der Waals surface area contributed by atoms with Crippen molar-refractivity contribution in [2.45, 2.75) is 19.9 Å². The van der Waals surface area contributed by atoms with Crippen molar-refractivity contribution >= 4 is 16.7 Å². The lowest BCUT2D eigenvalue weighted by Gasteiger charge is -2.13. The lowest BCUT2D eigenvalue weighted by atomic mass is 10.0. The standard InChI is InChI=1S/C18H19NO/c1-3-4-5-10-18(20)19-14(2)16-12-11-15-8-6-7-9-17(15)13-16/h3-14H,1-2H3,(H,19,20). The van der Waals surface area contributed by atoms with Crippen molar-refractivity contribution in [3.8, 4) is 0 Å². The molecule has 0 bridgehead atoms. The molecule has 1 unspecified atom stereocenters. The molecule has 0 spiro atoms. The van der Waals surface area contributed by atoms with Crippen LogP contribution >= 0.6 is 0 Å². The van der Waals surface area contributed by atoms with E-state index in [4.69, 9.17) is 0 Å². The molecular weight excluding hydrogens is 246 g/mol. The molecule has 102 valence electrons. The first-order valence-corrected chi connectivity index (χ1v) is 6.79. The molecule has 0 aliphatic heterocycles. The van der Waals surface area contributed by atoms with Crippen LogP contribution in [0.1, 0.15) is 25.5 Å². The second-order valence-electron chi connectivity index (χ2n) is 4.72. The van der Waals surface area contributed by atoms with E-state index in [9.17, 15) is 4.79 Å². The van der Waals surface area contributed by atoms with Crippen molar-refractivity contribution in [3.05, 3.63) is 72.3 Å². The minimum absolute atomic E-state index is 0.0117. The van der Waals surface area contributed by atoms with Crippen LogP contribution in [0.4, 0.5) is 0 Å². The highest BCUT2D eigenvalue weighted by Gasteiger charge is 2.07. The highest BCUT2D eigenvalue weighted by Crippen LogP contribution is 2.20. The molecule has 20 heavy (non-hydrogen) atoms. The molecular formula is C18H19NO. The third-order valence-electron chi connectivity index (χ3n) is 3.18. The van der Waals surface area contributed by atoms with Gasteiger partial charge in [-0.1, -0.05) is 54.6 Å². The van der Waals surface area contributed by atoms with E-state index in [1.165, 1.54) is 16.8 Å². The van der Waals surface area contributed by atoms with Crippen molar-refractivity contribution in [1.29, 1.82) is 0 Å². The first kappa shape index (κ1) is 14.1. The number of amides is 1. The molecule has 0 radical (unpaired) electrons. The molecule has 0 fully saturated rings. The molecule has 2 nitrogen and oxygen atoms in total. The fourth-order valence-electron chi connectivity index (χ4n) is 2.08. The summed E-state index contributed by atoms with van der Waals surface area (Å²) >= 11 is 0. The summed E-state index contributed by atoms with van der Waals surface area (Å²) < 4.78 is 0. The van der Waals surface area contributed by atoms with Gasteiger partial charge >= 0.3 is 0 Å². The van der Waals surface area contributed by atoms with E-state index in [1.807, 2.05) is 38.1 Å². The fourth-order valence-corrected chi connectivity index (χ4v) is 2.08. The second kappa shape index (κ2) is 6.71. The maximum absolute atomic E-state index is 11.7. The molecule has 2 heteroatoms. The molecule has 2 rings (SSSR count). The zero-order valence-corrected chi connectivity index (χ0v) is 11.8. The van der Waals surface area contributed by atoms with Gasteiger partial charge in [0.15, 0.2) is 0 Å². The Morgan fingerprint density at radius 2 is 1.85 bits per heavy atom. The van der Waals surface area contributed by atoms with Gasteiger partial charge in [0.2, 0.25) is 5.91 Å². The lowest BCUT2D eigenvalue weighted by molar-refractivity contribution is -0.117. The van der Waals surface area contributed by atoms with E-state index in [1.54, 1.807) is 6.08 Å². The number of hydrogen-bond donors (Lipinski definition) is 1. The van der Waals surface area contributed by atoms with Crippen LogP contribution in [0.25, 0.3) is 10.8 Å². The van der Waals surface area contributed by atoms with E-state index in [2.05, 4.69) is 35.6 Å². The maximum Gasteiger partial charge on any atom is 0.244 e. The minimum Gasteiger partial charge on any atom is -0.346 e. The average molecular weight is 265 g/mol. The Bertz CT molecular complexity index is 655. The Morgan fingerprint density at radius 1 is 1.10 bits per heavy atom. The Hall–Kier alpha value is -2.35. The van der Waals surface area contributed by atoms with E-state index < -0.39 is 0 Å². The molecule has 0 saturated heterocycles. The summed E-state index contributed by atoms with van der Waals surface area (Å²) in [7, 11) is 0. The van der Waals surface area contributed by atoms with Crippen LogP contribution in [0, 0.1) is 0 Å².